The van der Waals surface area contributed by atoms with Crippen LogP contribution in [0.2, 0.25) is 0 Å². The van der Waals surface area contributed by atoms with Crippen molar-refractivity contribution in [2.75, 3.05) is 20.2 Å². The van der Waals surface area contributed by atoms with Crippen LogP contribution in [-0.4, -0.2) is 35.6 Å². The van der Waals surface area contributed by atoms with Gasteiger partial charge in [0.2, 0.25) is 0 Å². The van der Waals surface area contributed by atoms with Crippen molar-refractivity contribution in [1.82, 2.24) is 9.47 Å². The first-order valence-electron chi connectivity index (χ1n) is 11.4. The van der Waals surface area contributed by atoms with Crippen LogP contribution in [-0.2, 0) is 4.79 Å². The Morgan fingerprint density at radius 2 is 1.79 bits per heavy atom. The Morgan fingerprint density at radius 1 is 1.12 bits per heavy atom. The van der Waals surface area contributed by atoms with Crippen LogP contribution in [0.5, 0.6) is 5.75 Å². The number of carbonyl (C=O) groups excluding carboxylic acids is 1. The van der Waals surface area contributed by atoms with E-state index in [1.165, 1.54) is 11.3 Å². The van der Waals surface area contributed by atoms with Crippen LogP contribution in [0.25, 0.3) is 6.08 Å². The lowest BCUT2D eigenvalue weighted by Crippen LogP contribution is -2.43. The topological polar surface area (TPSA) is 63.9 Å². The van der Waals surface area contributed by atoms with E-state index in [0.29, 0.717) is 39.4 Å². The summed E-state index contributed by atoms with van der Waals surface area (Å²) in [7, 11) is 1.60. The first kappa shape index (κ1) is 23.7. The molecule has 0 radical (unpaired) electrons. The van der Waals surface area contributed by atoms with Crippen LogP contribution >= 0.6 is 11.3 Å². The molecule has 6 nitrogen and oxygen atoms in total. The molecule has 0 aliphatic carbocycles. The molecule has 1 unspecified atom stereocenters. The molecule has 1 amide bonds. The molecular formula is C27H29N3O3S. The molecule has 1 aromatic heterocycles. The maximum Gasteiger partial charge on any atom is 0.271 e. The highest BCUT2D eigenvalue weighted by Crippen LogP contribution is 2.35. The van der Waals surface area contributed by atoms with Crippen LogP contribution < -0.4 is 19.6 Å². The van der Waals surface area contributed by atoms with Gasteiger partial charge in [-0.25, -0.2) is 4.99 Å². The number of ether oxygens (including phenoxy) is 1. The van der Waals surface area contributed by atoms with Crippen molar-refractivity contribution in [3.8, 4) is 5.75 Å². The molecule has 0 saturated carbocycles. The van der Waals surface area contributed by atoms with Gasteiger partial charge < -0.3 is 9.64 Å². The van der Waals surface area contributed by atoms with Crippen LogP contribution in [0.4, 0.5) is 0 Å². The number of para-hydroxylation sites is 1. The normalized spacial score (nSPS) is 15.7. The second-order valence-corrected chi connectivity index (χ2v) is 9.22. The van der Waals surface area contributed by atoms with Crippen molar-refractivity contribution in [3.05, 3.63) is 96.2 Å². The molecule has 0 spiro atoms. The quantitative estimate of drug-likeness (QED) is 0.549. The fourth-order valence-corrected chi connectivity index (χ4v) is 5.32. The minimum atomic E-state index is -0.624. The minimum absolute atomic E-state index is 0.116. The molecule has 0 bridgehead atoms. The summed E-state index contributed by atoms with van der Waals surface area (Å²) >= 11 is 1.34. The van der Waals surface area contributed by atoms with Gasteiger partial charge in [-0.2, -0.15) is 0 Å². The van der Waals surface area contributed by atoms with Crippen LogP contribution in [0.15, 0.2) is 69.6 Å². The summed E-state index contributed by atoms with van der Waals surface area (Å²) in [5.74, 6) is 0.509. The fourth-order valence-electron chi connectivity index (χ4n) is 4.28. The summed E-state index contributed by atoms with van der Waals surface area (Å²) in [4.78, 5) is 34.5. The molecule has 176 valence electrons. The highest BCUT2D eigenvalue weighted by atomic mass is 32.1. The zero-order chi connectivity index (χ0) is 24.4. The second kappa shape index (κ2) is 9.81. The van der Waals surface area contributed by atoms with Crippen LogP contribution in [0.1, 0.15) is 43.5 Å². The molecule has 0 N–H and O–H groups in total. The van der Waals surface area contributed by atoms with E-state index in [1.807, 2.05) is 82.3 Å². The van der Waals surface area contributed by atoms with Crippen molar-refractivity contribution in [2.24, 2.45) is 4.99 Å². The van der Waals surface area contributed by atoms with E-state index in [9.17, 15) is 9.59 Å². The number of likely N-dealkylation sites (N-methyl/N-ethyl adjacent to an activating group) is 1. The Hall–Kier alpha value is -3.45. The zero-order valence-corrected chi connectivity index (χ0v) is 21.0. The van der Waals surface area contributed by atoms with Crippen LogP contribution in [0.3, 0.4) is 0 Å². The smallest absolute Gasteiger partial charge is 0.271 e. The summed E-state index contributed by atoms with van der Waals surface area (Å²) in [6.07, 6.45) is 1.88. The number of allylic oxidation sites excluding steroid dienone is 1. The second-order valence-electron chi connectivity index (χ2n) is 8.21. The van der Waals surface area contributed by atoms with Gasteiger partial charge in [0.1, 0.15) is 11.8 Å². The number of thiazole rings is 1. The first-order valence-corrected chi connectivity index (χ1v) is 12.2. The highest BCUT2D eigenvalue weighted by molar-refractivity contribution is 7.07. The number of carbonyl (C=O) groups is 1. The van der Waals surface area contributed by atoms with E-state index in [0.717, 1.165) is 16.7 Å². The molecule has 7 heteroatoms. The lowest BCUT2D eigenvalue weighted by molar-refractivity contribution is -0.127. The van der Waals surface area contributed by atoms with E-state index in [2.05, 4.69) is 0 Å². The number of hydrogen-bond donors (Lipinski definition) is 0. The van der Waals surface area contributed by atoms with E-state index in [-0.39, 0.29) is 11.5 Å². The third-order valence-corrected chi connectivity index (χ3v) is 7.09. The fraction of sp³-hybridized carbons (Fsp3) is 0.296. The summed E-state index contributed by atoms with van der Waals surface area (Å²) in [5.41, 5.74) is 3.82. The van der Waals surface area contributed by atoms with Gasteiger partial charge in [0.25, 0.3) is 11.5 Å². The predicted molar refractivity (Wildman–Crippen MR) is 136 cm³/mol. The zero-order valence-electron chi connectivity index (χ0n) is 20.2. The maximum absolute atomic E-state index is 13.7. The predicted octanol–water partition coefficient (Wildman–Crippen LogP) is 3.42. The number of aromatic nitrogens is 1. The summed E-state index contributed by atoms with van der Waals surface area (Å²) < 4.78 is 7.87. The number of hydrogen-bond acceptors (Lipinski definition) is 5. The molecule has 34 heavy (non-hydrogen) atoms. The number of aryl methyl sites for hydroxylation is 1. The minimum Gasteiger partial charge on any atom is -0.496 e. The van der Waals surface area contributed by atoms with Crippen LogP contribution in [0, 0.1) is 6.92 Å². The van der Waals surface area contributed by atoms with Gasteiger partial charge >= 0.3 is 0 Å². The van der Waals surface area contributed by atoms with Gasteiger partial charge in [0.05, 0.1) is 22.9 Å². The van der Waals surface area contributed by atoms with Gasteiger partial charge in [-0.3, -0.25) is 14.2 Å². The Morgan fingerprint density at radius 3 is 2.44 bits per heavy atom. The van der Waals surface area contributed by atoms with Crippen molar-refractivity contribution in [1.29, 1.82) is 0 Å². The Labute approximate surface area is 203 Å². The van der Waals surface area contributed by atoms with E-state index >= 15 is 0 Å². The molecule has 0 saturated heterocycles. The van der Waals surface area contributed by atoms with Gasteiger partial charge in [-0.15, -0.1) is 0 Å². The molecule has 1 atom stereocenters. The molecule has 0 fully saturated rings. The molecule has 2 aromatic carbocycles. The van der Waals surface area contributed by atoms with E-state index < -0.39 is 6.04 Å². The molecule has 1 aliphatic heterocycles. The number of rotatable bonds is 6. The third kappa shape index (κ3) is 4.23. The van der Waals surface area contributed by atoms with Gasteiger partial charge in [0.15, 0.2) is 4.80 Å². The number of nitrogens with zero attached hydrogens (tertiary/aromatic N) is 3. The first-order chi connectivity index (χ1) is 16.4. The molecule has 3 aromatic rings. The lowest BCUT2D eigenvalue weighted by atomic mass is 9.94. The molecule has 2 heterocycles. The SMILES string of the molecule is CCN(CC)C(=O)C1=C(C)N=c2s/c(=C\c3ccc(C)cc3)c(=O)n2C1c1ccccc1OC. The molecular weight excluding hydrogens is 446 g/mol. The average molecular weight is 476 g/mol. The summed E-state index contributed by atoms with van der Waals surface area (Å²) in [5, 5.41) is 0. The van der Waals surface area contributed by atoms with Crippen molar-refractivity contribution in [3.63, 3.8) is 0 Å². The number of benzene rings is 2. The lowest BCUT2D eigenvalue weighted by Gasteiger charge is -2.29. The maximum atomic E-state index is 13.7. The largest absolute Gasteiger partial charge is 0.496 e. The molecule has 4 rings (SSSR count). The highest BCUT2D eigenvalue weighted by Gasteiger charge is 2.35. The van der Waals surface area contributed by atoms with Crippen molar-refractivity contribution >= 4 is 23.3 Å². The Balaban J connectivity index is 1.99. The van der Waals surface area contributed by atoms with E-state index in [1.54, 1.807) is 16.6 Å². The van der Waals surface area contributed by atoms with Crippen molar-refractivity contribution < 1.29 is 9.53 Å². The number of amides is 1. The third-order valence-electron chi connectivity index (χ3n) is 6.11. The number of methoxy groups -OCH3 is 1. The standard InChI is InChI=1S/C27H29N3O3S/c1-6-29(7-2)26(32)23-18(4)28-27-30(24(23)20-10-8-9-11-21(20)33-5)25(31)22(34-27)16-19-14-12-17(3)13-15-19/h8-16,24H,6-7H2,1-5H3/b22-16-. The van der Waals surface area contributed by atoms with Gasteiger partial charge in [-0.1, -0.05) is 59.4 Å². The van der Waals surface area contributed by atoms with Crippen molar-refractivity contribution in [2.45, 2.75) is 33.7 Å². The average Bonchev–Trinajstić information content (AvgIpc) is 3.14. The van der Waals surface area contributed by atoms with Gasteiger partial charge in [-0.05, 0) is 45.4 Å². The van der Waals surface area contributed by atoms with E-state index in [4.69, 9.17) is 9.73 Å². The van der Waals surface area contributed by atoms with Gasteiger partial charge in [0, 0.05) is 18.7 Å². The number of fused-ring (bicyclic) bond motifs is 1. The molecule has 1 aliphatic rings. The summed E-state index contributed by atoms with van der Waals surface area (Å²) in [6.45, 7) is 8.92. The monoisotopic (exact) mass is 475 g/mol. The Kier molecular flexibility index (Phi) is 6.84. The summed E-state index contributed by atoms with van der Waals surface area (Å²) in [6, 6.07) is 14.9. The Bertz CT molecular complexity index is 1430.